The van der Waals surface area contributed by atoms with Crippen LogP contribution in [0.5, 0.6) is 0 Å². The van der Waals surface area contributed by atoms with Crippen molar-refractivity contribution in [3.05, 3.63) is 23.9 Å². The third-order valence-electron chi connectivity index (χ3n) is 4.84. The fraction of sp³-hybridized carbons (Fsp3) is 0.600. The highest BCUT2D eigenvalue weighted by Crippen LogP contribution is 2.50. The summed E-state index contributed by atoms with van der Waals surface area (Å²) in [6.07, 6.45) is 5.91. The van der Waals surface area contributed by atoms with Crippen LogP contribution in [0, 0.1) is 17.8 Å². The summed E-state index contributed by atoms with van der Waals surface area (Å²) in [5, 5.41) is 5.55. The zero-order valence-corrected chi connectivity index (χ0v) is 16.0. The lowest BCUT2D eigenvalue weighted by molar-refractivity contribution is -0.120. The topological polar surface area (TPSA) is 97.4 Å². The number of anilines is 1. The van der Waals surface area contributed by atoms with Crippen LogP contribution in [0.25, 0.3) is 0 Å². The molecule has 7 heteroatoms. The van der Waals surface area contributed by atoms with E-state index in [1.807, 2.05) is 0 Å². The van der Waals surface area contributed by atoms with E-state index in [4.69, 9.17) is 4.74 Å². The van der Waals surface area contributed by atoms with E-state index in [2.05, 4.69) is 15.6 Å². The van der Waals surface area contributed by atoms with Crippen LogP contribution in [-0.2, 0) is 9.53 Å². The summed E-state index contributed by atoms with van der Waals surface area (Å²) in [5.41, 5.74) is -0.211. The Kier molecular flexibility index (Phi) is 5.48. The van der Waals surface area contributed by atoms with E-state index in [0.29, 0.717) is 29.5 Å². The number of nitrogens with one attached hydrogen (secondary N) is 2. The minimum atomic E-state index is -0.679. The van der Waals surface area contributed by atoms with E-state index in [0.717, 1.165) is 25.7 Å². The lowest BCUT2D eigenvalue weighted by Gasteiger charge is -2.29. The van der Waals surface area contributed by atoms with Crippen molar-refractivity contribution < 1.29 is 19.1 Å². The molecule has 2 amide bonds. The van der Waals surface area contributed by atoms with Gasteiger partial charge in [-0.25, -0.2) is 9.78 Å². The standard InChI is InChI=1S/C20H27N3O4/c1-20(2,3)27-19(26)23-17(16(13-4-5-13)14-6-7-14)18(25)22-15-10-12(11-24)8-9-21-15/h8-11,13-14,16-17H,4-7H2,1-3H3,(H,23,26)(H,21,22,25)/t17-/m0/s1. The molecule has 0 aliphatic heterocycles. The molecule has 0 aromatic carbocycles. The lowest BCUT2D eigenvalue weighted by Crippen LogP contribution is -2.51. The summed E-state index contributed by atoms with van der Waals surface area (Å²) in [7, 11) is 0. The van der Waals surface area contributed by atoms with Gasteiger partial charge in [0.05, 0.1) is 0 Å². The van der Waals surface area contributed by atoms with Crippen LogP contribution in [0.15, 0.2) is 18.3 Å². The first-order chi connectivity index (χ1) is 12.8. The molecule has 2 aliphatic rings. The molecule has 1 atom stereocenters. The molecule has 7 nitrogen and oxygen atoms in total. The molecule has 27 heavy (non-hydrogen) atoms. The monoisotopic (exact) mass is 373 g/mol. The van der Waals surface area contributed by atoms with E-state index >= 15 is 0 Å². The third kappa shape index (κ3) is 5.52. The second-order valence-corrected chi connectivity index (χ2v) is 8.46. The van der Waals surface area contributed by atoms with E-state index in [9.17, 15) is 14.4 Å². The summed E-state index contributed by atoms with van der Waals surface area (Å²) >= 11 is 0. The van der Waals surface area contributed by atoms with Gasteiger partial charge in [0.25, 0.3) is 0 Å². The minimum absolute atomic E-state index is 0.103. The van der Waals surface area contributed by atoms with Gasteiger partial charge in [0.15, 0.2) is 0 Å². The highest BCUT2D eigenvalue weighted by molar-refractivity contribution is 5.96. The quantitative estimate of drug-likeness (QED) is 0.716. The summed E-state index contributed by atoms with van der Waals surface area (Å²) < 4.78 is 5.36. The lowest BCUT2D eigenvalue weighted by atomic mass is 9.89. The molecular formula is C20H27N3O4. The van der Waals surface area contributed by atoms with Gasteiger partial charge in [-0.1, -0.05) is 0 Å². The first kappa shape index (κ1) is 19.3. The van der Waals surface area contributed by atoms with Gasteiger partial charge in [0, 0.05) is 11.8 Å². The number of amides is 2. The van der Waals surface area contributed by atoms with Crippen LogP contribution < -0.4 is 10.6 Å². The van der Waals surface area contributed by atoms with Crippen LogP contribution in [0.3, 0.4) is 0 Å². The smallest absolute Gasteiger partial charge is 0.408 e. The molecule has 3 rings (SSSR count). The molecule has 2 aliphatic carbocycles. The maximum Gasteiger partial charge on any atom is 0.408 e. The zero-order valence-electron chi connectivity index (χ0n) is 16.0. The molecule has 0 bridgehead atoms. The predicted octanol–water partition coefficient (Wildman–Crippen LogP) is 3.16. The molecule has 0 radical (unpaired) electrons. The Morgan fingerprint density at radius 1 is 1.22 bits per heavy atom. The second kappa shape index (κ2) is 7.66. The number of aldehydes is 1. The molecule has 1 aromatic rings. The van der Waals surface area contributed by atoms with Gasteiger partial charge in [-0.15, -0.1) is 0 Å². The molecule has 0 saturated heterocycles. The number of carbonyl (C=O) groups is 3. The third-order valence-corrected chi connectivity index (χ3v) is 4.84. The van der Waals surface area contributed by atoms with Crippen LogP contribution in [0.1, 0.15) is 56.8 Å². The first-order valence-corrected chi connectivity index (χ1v) is 9.48. The maximum absolute atomic E-state index is 13.0. The number of rotatable bonds is 7. The molecule has 0 spiro atoms. The van der Waals surface area contributed by atoms with Crippen molar-refractivity contribution in [2.75, 3.05) is 5.32 Å². The molecule has 0 unspecified atom stereocenters. The molecule has 146 valence electrons. The molecule has 2 saturated carbocycles. The predicted molar refractivity (Wildman–Crippen MR) is 100 cm³/mol. The zero-order chi connectivity index (χ0) is 19.6. The fourth-order valence-corrected chi connectivity index (χ4v) is 3.46. The molecule has 1 aromatic heterocycles. The molecular weight excluding hydrogens is 346 g/mol. The van der Waals surface area contributed by atoms with E-state index in [1.165, 1.54) is 12.3 Å². The van der Waals surface area contributed by atoms with E-state index in [1.54, 1.807) is 26.8 Å². The van der Waals surface area contributed by atoms with Crippen molar-refractivity contribution in [1.29, 1.82) is 0 Å². The van der Waals surface area contributed by atoms with Crippen LogP contribution in [-0.4, -0.2) is 34.9 Å². The van der Waals surface area contributed by atoms with Crippen molar-refractivity contribution in [1.82, 2.24) is 10.3 Å². The number of nitrogens with zero attached hydrogens (tertiary/aromatic N) is 1. The number of pyridine rings is 1. The molecule has 2 N–H and O–H groups in total. The van der Waals surface area contributed by atoms with Gasteiger partial charge >= 0.3 is 6.09 Å². The van der Waals surface area contributed by atoms with Crippen molar-refractivity contribution in [2.45, 2.75) is 58.1 Å². The van der Waals surface area contributed by atoms with Gasteiger partial charge in [0.2, 0.25) is 5.91 Å². The van der Waals surface area contributed by atoms with Gasteiger partial charge in [-0.2, -0.15) is 0 Å². The number of alkyl carbamates (subject to hydrolysis) is 1. The summed E-state index contributed by atoms with van der Waals surface area (Å²) in [4.78, 5) is 40.4. The van der Waals surface area contributed by atoms with Gasteiger partial charge < -0.3 is 15.4 Å². The van der Waals surface area contributed by atoms with E-state index in [-0.39, 0.29) is 11.8 Å². The highest BCUT2D eigenvalue weighted by atomic mass is 16.6. The first-order valence-electron chi connectivity index (χ1n) is 9.48. The minimum Gasteiger partial charge on any atom is -0.444 e. The molecule has 2 fully saturated rings. The molecule has 1 heterocycles. The maximum atomic E-state index is 13.0. The Balaban J connectivity index is 1.76. The average Bonchev–Trinajstić information content (AvgIpc) is 3.47. The van der Waals surface area contributed by atoms with Gasteiger partial charge in [-0.05, 0) is 76.3 Å². The number of aromatic nitrogens is 1. The van der Waals surface area contributed by atoms with Crippen molar-refractivity contribution >= 4 is 24.1 Å². The van der Waals surface area contributed by atoms with Crippen molar-refractivity contribution in [3.8, 4) is 0 Å². The Bertz CT molecular complexity index is 708. The summed E-state index contributed by atoms with van der Waals surface area (Å²) in [5.74, 6) is 0.993. The number of hydrogen-bond acceptors (Lipinski definition) is 5. The number of carbonyl (C=O) groups excluding carboxylic acids is 3. The van der Waals surface area contributed by atoms with Gasteiger partial charge in [0.1, 0.15) is 23.7 Å². The van der Waals surface area contributed by atoms with Gasteiger partial charge in [-0.3, -0.25) is 9.59 Å². The summed E-state index contributed by atoms with van der Waals surface area (Å²) in [6.45, 7) is 5.36. The Morgan fingerprint density at radius 3 is 2.37 bits per heavy atom. The van der Waals surface area contributed by atoms with Crippen LogP contribution in [0.4, 0.5) is 10.6 Å². The highest BCUT2D eigenvalue weighted by Gasteiger charge is 2.48. The Labute approximate surface area is 159 Å². The Hall–Kier alpha value is -2.44. The van der Waals surface area contributed by atoms with Crippen LogP contribution >= 0.6 is 0 Å². The number of ether oxygens (including phenoxy) is 1. The van der Waals surface area contributed by atoms with Crippen LogP contribution in [0.2, 0.25) is 0 Å². The normalized spacial score (nSPS) is 17.9. The largest absolute Gasteiger partial charge is 0.444 e. The number of hydrogen-bond donors (Lipinski definition) is 2. The van der Waals surface area contributed by atoms with E-state index < -0.39 is 17.7 Å². The second-order valence-electron chi connectivity index (χ2n) is 8.46. The fourth-order valence-electron chi connectivity index (χ4n) is 3.46. The average molecular weight is 373 g/mol. The van der Waals surface area contributed by atoms with Crippen molar-refractivity contribution in [2.24, 2.45) is 17.8 Å². The summed E-state index contributed by atoms with van der Waals surface area (Å²) in [6, 6.07) is 2.40. The van der Waals surface area contributed by atoms with Crippen molar-refractivity contribution in [3.63, 3.8) is 0 Å². The Morgan fingerprint density at radius 2 is 1.85 bits per heavy atom. The SMILES string of the molecule is CC(C)(C)OC(=O)N[C@H](C(=O)Nc1cc(C=O)ccn1)C(C1CC1)C1CC1.